The molecule has 0 saturated carbocycles. The second-order valence-electron chi connectivity index (χ2n) is 8.38. The minimum absolute atomic E-state index is 0.00901. The number of hydrogen-bond acceptors (Lipinski definition) is 5. The molecule has 0 spiro atoms. The fraction of sp³-hybridized carbons (Fsp3) is 0.179. The van der Waals surface area contributed by atoms with Crippen molar-refractivity contribution in [1.82, 2.24) is 15.2 Å². The normalized spacial score (nSPS) is 13.9. The molecule has 1 fully saturated rings. The van der Waals surface area contributed by atoms with Gasteiger partial charge in [0.1, 0.15) is 5.76 Å². The molecule has 2 aromatic heterocycles. The summed E-state index contributed by atoms with van der Waals surface area (Å²) in [6.45, 7) is 2.58. The van der Waals surface area contributed by atoms with E-state index in [1.807, 2.05) is 65.6 Å². The number of nitrogens with zero attached hydrogens (tertiary/aromatic N) is 2. The van der Waals surface area contributed by atoms with E-state index in [0.717, 1.165) is 16.5 Å². The van der Waals surface area contributed by atoms with Crippen molar-refractivity contribution in [3.63, 3.8) is 0 Å². The van der Waals surface area contributed by atoms with Crippen molar-refractivity contribution >= 4 is 40.5 Å². The topological polar surface area (TPSA) is 84.7 Å². The monoisotopic (exact) mass is 501 g/mol. The lowest BCUT2D eigenvalue weighted by molar-refractivity contribution is -0.116. The van der Waals surface area contributed by atoms with Crippen molar-refractivity contribution in [1.29, 1.82) is 0 Å². The van der Waals surface area contributed by atoms with Gasteiger partial charge in [-0.25, -0.2) is 0 Å². The maximum Gasteiger partial charge on any atom is 0.254 e. The van der Waals surface area contributed by atoms with Crippen LogP contribution in [0.25, 0.3) is 28.2 Å². The van der Waals surface area contributed by atoms with Crippen LogP contribution in [-0.4, -0.2) is 48.0 Å². The molecular formula is C28H24ClN3O4. The van der Waals surface area contributed by atoms with E-state index in [1.165, 1.54) is 6.08 Å². The number of furan rings is 1. The number of aromatic nitrogens is 1. The Kier molecular flexibility index (Phi) is 7.11. The first-order valence-electron chi connectivity index (χ1n) is 11.6. The number of rotatable bonds is 6. The number of benzene rings is 2. The number of pyridine rings is 1. The summed E-state index contributed by atoms with van der Waals surface area (Å²) in [7, 11) is 0. The van der Waals surface area contributed by atoms with Crippen LogP contribution in [0.15, 0.2) is 77.4 Å². The molecule has 2 amide bonds. The van der Waals surface area contributed by atoms with Crippen molar-refractivity contribution in [2.75, 3.05) is 26.3 Å². The minimum atomic E-state index is -0.250. The highest BCUT2D eigenvalue weighted by molar-refractivity contribution is 6.35. The number of morpholine rings is 1. The third-order valence-electron chi connectivity index (χ3n) is 5.92. The van der Waals surface area contributed by atoms with Gasteiger partial charge in [-0.1, -0.05) is 29.8 Å². The zero-order valence-corrected chi connectivity index (χ0v) is 20.2. The summed E-state index contributed by atoms with van der Waals surface area (Å²) in [5, 5.41) is 4.11. The molecule has 1 aliphatic rings. The van der Waals surface area contributed by atoms with Gasteiger partial charge in [0.05, 0.1) is 30.5 Å². The summed E-state index contributed by atoms with van der Waals surface area (Å²) in [5.74, 6) is 0.351. The zero-order chi connectivity index (χ0) is 24.9. The largest absolute Gasteiger partial charge is 0.458 e. The minimum Gasteiger partial charge on any atom is -0.458 e. The van der Waals surface area contributed by atoms with Gasteiger partial charge in [0.15, 0.2) is 5.58 Å². The average Bonchev–Trinajstić information content (AvgIpc) is 3.35. The van der Waals surface area contributed by atoms with Gasteiger partial charge < -0.3 is 19.4 Å². The van der Waals surface area contributed by atoms with Crippen LogP contribution in [0.4, 0.5) is 0 Å². The van der Waals surface area contributed by atoms with E-state index in [9.17, 15) is 9.59 Å². The van der Waals surface area contributed by atoms with Crippen LogP contribution in [-0.2, 0) is 16.1 Å². The number of fused-ring (bicyclic) bond motifs is 1. The van der Waals surface area contributed by atoms with Gasteiger partial charge in [0.25, 0.3) is 5.91 Å². The van der Waals surface area contributed by atoms with E-state index in [-0.39, 0.29) is 18.4 Å². The predicted molar refractivity (Wildman–Crippen MR) is 139 cm³/mol. The third-order valence-corrected chi connectivity index (χ3v) is 6.20. The lowest BCUT2D eigenvalue weighted by Crippen LogP contribution is -2.40. The fourth-order valence-corrected chi connectivity index (χ4v) is 4.31. The summed E-state index contributed by atoms with van der Waals surface area (Å²) in [6, 6.07) is 18.7. The summed E-state index contributed by atoms with van der Waals surface area (Å²) in [6.07, 6.45) is 4.75. The molecule has 0 radical (unpaired) electrons. The van der Waals surface area contributed by atoms with Crippen LogP contribution in [0.2, 0.25) is 5.02 Å². The Balaban J connectivity index is 1.27. The van der Waals surface area contributed by atoms with E-state index in [2.05, 4.69) is 10.3 Å². The second kappa shape index (κ2) is 10.8. The molecule has 3 heterocycles. The van der Waals surface area contributed by atoms with Gasteiger partial charge in [-0.15, -0.1) is 0 Å². The standard InChI is InChI=1S/C28H24ClN3O4/c29-25-17-21(19-4-6-20(7-5-19)28(34)32-11-13-35-14-12-32)15-22-16-24(36-27(22)25)18-31-26(33)9-8-23-3-1-2-10-30-23/h1-10,15-17H,11-14,18H2,(H,31,33). The van der Waals surface area contributed by atoms with Crippen LogP contribution in [0.5, 0.6) is 0 Å². The lowest BCUT2D eigenvalue weighted by Gasteiger charge is -2.26. The van der Waals surface area contributed by atoms with E-state index in [1.54, 1.807) is 12.3 Å². The van der Waals surface area contributed by atoms with Crippen LogP contribution in [0.1, 0.15) is 21.8 Å². The van der Waals surface area contributed by atoms with Crippen molar-refractivity contribution in [2.45, 2.75) is 6.54 Å². The van der Waals surface area contributed by atoms with Gasteiger partial charge in [0.2, 0.25) is 5.91 Å². The van der Waals surface area contributed by atoms with Gasteiger partial charge in [0, 0.05) is 36.3 Å². The first-order chi connectivity index (χ1) is 17.6. The van der Waals surface area contributed by atoms with E-state index < -0.39 is 0 Å². The number of halogens is 1. The number of nitrogens with one attached hydrogen (secondary N) is 1. The van der Waals surface area contributed by atoms with Crippen LogP contribution in [0.3, 0.4) is 0 Å². The van der Waals surface area contributed by atoms with Crippen molar-refractivity contribution in [3.8, 4) is 11.1 Å². The first-order valence-corrected chi connectivity index (χ1v) is 12.0. The molecule has 0 unspecified atom stereocenters. The Hall–Kier alpha value is -3.94. The molecule has 0 aliphatic carbocycles. The molecule has 182 valence electrons. The van der Waals surface area contributed by atoms with Gasteiger partial charge in [-0.05, 0) is 59.7 Å². The predicted octanol–water partition coefficient (Wildman–Crippen LogP) is 4.95. The fourth-order valence-electron chi connectivity index (χ4n) is 4.04. The van der Waals surface area contributed by atoms with E-state index in [0.29, 0.717) is 53.9 Å². The van der Waals surface area contributed by atoms with E-state index in [4.69, 9.17) is 20.8 Å². The summed E-state index contributed by atoms with van der Waals surface area (Å²) in [4.78, 5) is 30.8. The lowest BCUT2D eigenvalue weighted by atomic mass is 10.0. The molecule has 7 nitrogen and oxygen atoms in total. The van der Waals surface area contributed by atoms with Crippen molar-refractivity contribution in [2.24, 2.45) is 0 Å². The van der Waals surface area contributed by atoms with Crippen molar-refractivity contribution in [3.05, 3.63) is 95.0 Å². The van der Waals surface area contributed by atoms with Gasteiger partial charge in [-0.3, -0.25) is 14.6 Å². The first kappa shape index (κ1) is 23.8. The summed E-state index contributed by atoms with van der Waals surface area (Å²) < 4.78 is 11.2. The molecule has 1 N–H and O–H groups in total. The SMILES string of the molecule is O=C(C=Cc1ccccn1)NCc1cc2cc(-c3ccc(C(=O)N4CCOCC4)cc3)cc(Cl)c2o1. The molecule has 0 bridgehead atoms. The number of carbonyl (C=O) groups is 2. The number of ether oxygens (including phenoxy) is 1. The number of carbonyl (C=O) groups excluding carboxylic acids is 2. The molecule has 0 atom stereocenters. The van der Waals surface area contributed by atoms with E-state index >= 15 is 0 Å². The summed E-state index contributed by atoms with van der Waals surface area (Å²) in [5.41, 5.74) is 3.76. The molecule has 36 heavy (non-hydrogen) atoms. The van der Waals surface area contributed by atoms with Gasteiger partial charge >= 0.3 is 0 Å². The number of hydrogen-bond donors (Lipinski definition) is 1. The molecule has 2 aromatic carbocycles. The highest BCUT2D eigenvalue weighted by Crippen LogP contribution is 2.33. The molecule has 8 heteroatoms. The smallest absolute Gasteiger partial charge is 0.254 e. The highest BCUT2D eigenvalue weighted by atomic mass is 35.5. The second-order valence-corrected chi connectivity index (χ2v) is 8.78. The van der Waals surface area contributed by atoms with Crippen molar-refractivity contribution < 1.29 is 18.7 Å². The Bertz CT molecular complexity index is 1410. The molecule has 1 aliphatic heterocycles. The number of amides is 2. The van der Waals surface area contributed by atoms with Crippen LogP contribution in [0, 0.1) is 0 Å². The Labute approximate surface area is 213 Å². The maximum absolute atomic E-state index is 12.7. The van der Waals surface area contributed by atoms with Crippen LogP contribution >= 0.6 is 11.6 Å². The Morgan fingerprint density at radius 2 is 1.83 bits per heavy atom. The molecule has 5 rings (SSSR count). The molecule has 4 aromatic rings. The molecule has 1 saturated heterocycles. The molecular weight excluding hydrogens is 478 g/mol. The quantitative estimate of drug-likeness (QED) is 0.378. The van der Waals surface area contributed by atoms with Crippen LogP contribution < -0.4 is 5.32 Å². The Morgan fingerprint density at radius 1 is 1.03 bits per heavy atom. The maximum atomic E-state index is 12.7. The third kappa shape index (κ3) is 5.48. The average molecular weight is 502 g/mol. The summed E-state index contributed by atoms with van der Waals surface area (Å²) >= 11 is 6.52. The Morgan fingerprint density at radius 3 is 2.58 bits per heavy atom. The van der Waals surface area contributed by atoms with Gasteiger partial charge in [-0.2, -0.15) is 0 Å². The zero-order valence-electron chi connectivity index (χ0n) is 19.4. The highest BCUT2D eigenvalue weighted by Gasteiger charge is 2.18.